The van der Waals surface area contributed by atoms with Gasteiger partial charge < -0.3 is 10.1 Å². The lowest BCUT2D eigenvalue weighted by atomic mass is 9.70. The molecule has 1 N–H and O–H groups in total. The van der Waals surface area contributed by atoms with Gasteiger partial charge in [-0.2, -0.15) is 0 Å². The van der Waals surface area contributed by atoms with E-state index in [1.807, 2.05) is 6.07 Å². The molecule has 3 heteroatoms. The van der Waals surface area contributed by atoms with Crippen molar-refractivity contribution in [3.8, 4) is 5.75 Å². The van der Waals surface area contributed by atoms with Crippen LogP contribution in [0.1, 0.15) is 44.6 Å². The average Bonchev–Trinajstić information content (AvgIpc) is 2.48. The molecule has 2 rings (SSSR count). The molecule has 0 heterocycles. The summed E-state index contributed by atoms with van der Waals surface area (Å²) in [5, 5.41) is 3.58. The van der Waals surface area contributed by atoms with Gasteiger partial charge in [0, 0.05) is 11.0 Å². The van der Waals surface area contributed by atoms with E-state index < -0.39 is 0 Å². The Morgan fingerprint density at radius 1 is 1.25 bits per heavy atom. The van der Waals surface area contributed by atoms with E-state index in [9.17, 15) is 0 Å². The lowest BCUT2D eigenvalue weighted by Crippen LogP contribution is -2.38. The lowest BCUT2D eigenvalue weighted by molar-refractivity contribution is 0.181. The van der Waals surface area contributed by atoms with Gasteiger partial charge in [-0.3, -0.25) is 0 Å². The Balaban J connectivity index is 2.18. The molecule has 1 aliphatic rings. The first-order valence-electron chi connectivity index (χ1n) is 7.72. The van der Waals surface area contributed by atoms with E-state index in [0.717, 1.165) is 25.3 Å². The zero-order valence-electron chi connectivity index (χ0n) is 12.7. The Labute approximate surface area is 131 Å². The van der Waals surface area contributed by atoms with Crippen molar-refractivity contribution >= 4 is 15.9 Å². The summed E-state index contributed by atoms with van der Waals surface area (Å²) in [6, 6.07) is 6.32. The van der Waals surface area contributed by atoms with Crippen molar-refractivity contribution in [1.82, 2.24) is 5.32 Å². The monoisotopic (exact) mass is 339 g/mol. The van der Waals surface area contributed by atoms with Gasteiger partial charge in [-0.15, -0.1) is 0 Å². The molecule has 1 fully saturated rings. The van der Waals surface area contributed by atoms with Gasteiger partial charge in [0.1, 0.15) is 5.75 Å². The second-order valence-corrected chi connectivity index (χ2v) is 6.83. The van der Waals surface area contributed by atoms with E-state index in [-0.39, 0.29) is 0 Å². The molecule has 2 nitrogen and oxygen atoms in total. The lowest BCUT2D eigenvalue weighted by Gasteiger charge is -2.38. The predicted octanol–water partition coefficient (Wildman–Crippen LogP) is 4.56. The Kier molecular flexibility index (Phi) is 5.91. The quantitative estimate of drug-likeness (QED) is 0.820. The summed E-state index contributed by atoms with van der Waals surface area (Å²) >= 11 is 3.70. The molecular weight excluding hydrogens is 314 g/mol. The fraction of sp³-hybridized carbons (Fsp3) is 0.647. The van der Waals surface area contributed by atoms with Gasteiger partial charge in [0.15, 0.2) is 0 Å². The zero-order valence-corrected chi connectivity index (χ0v) is 14.3. The van der Waals surface area contributed by atoms with Crippen LogP contribution in [0.5, 0.6) is 5.75 Å². The number of nitrogens with one attached hydrogen (secondary N) is 1. The number of methoxy groups -OCH3 is 1. The number of hydrogen-bond donors (Lipinski definition) is 1. The maximum absolute atomic E-state index is 5.38. The molecule has 1 saturated carbocycles. The molecule has 0 atom stereocenters. The van der Waals surface area contributed by atoms with Crippen LogP contribution < -0.4 is 10.1 Å². The van der Waals surface area contributed by atoms with Gasteiger partial charge >= 0.3 is 0 Å². The van der Waals surface area contributed by atoms with Crippen molar-refractivity contribution in [3.05, 3.63) is 28.2 Å². The van der Waals surface area contributed by atoms with Crippen molar-refractivity contribution in [3.63, 3.8) is 0 Å². The van der Waals surface area contributed by atoms with E-state index in [1.165, 1.54) is 42.1 Å². The van der Waals surface area contributed by atoms with Gasteiger partial charge in [-0.25, -0.2) is 0 Å². The van der Waals surface area contributed by atoms with Gasteiger partial charge in [0.25, 0.3) is 0 Å². The Morgan fingerprint density at radius 2 is 2.00 bits per heavy atom. The van der Waals surface area contributed by atoms with Crippen LogP contribution in [0.4, 0.5) is 0 Å². The number of benzene rings is 1. The molecule has 0 aromatic heterocycles. The molecule has 1 aromatic carbocycles. The summed E-state index contributed by atoms with van der Waals surface area (Å²) in [6.45, 7) is 4.38. The Bertz CT molecular complexity index is 427. The van der Waals surface area contributed by atoms with Gasteiger partial charge in [0.05, 0.1) is 7.11 Å². The number of halogens is 1. The number of rotatable bonds is 6. The van der Waals surface area contributed by atoms with Gasteiger partial charge in [-0.05, 0) is 55.0 Å². The highest BCUT2D eigenvalue weighted by Crippen LogP contribution is 2.40. The summed E-state index contributed by atoms with van der Waals surface area (Å²) in [6.07, 6.45) is 7.94. The Hall–Kier alpha value is -0.540. The van der Waals surface area contributed by atoms with Gasteiger partial charge in [-0.1, -0.05) is 42.1 Å². The van der Waals surface area contributed by atoms with Crippen LogP contribution >= 0.6 is 15.9 Å². The highest BCUT2D eigenvalue weighted by Gasteiger charge is 2.32. The largest absolute Gasteiger partial charge is 0.497 e. The number of ether oxygens (including phenoxy) is 1. The minimum atomic E-state index is 0.420. The summed E-state index contributed by atoms with van der Waals surface area (Å²) in [7, 11) is 1.74. The number of hydrogen-bond acceptors (Lipinski definition) is 2. The fourth-order valence-electron chi connectivity index (χ4n) is 3.33. The predicted molar refractivity (Wildman–Crippen MR) is 88.5 cm³/mol. The standard InChI is InChI=1S/C17H26BrNO/c1-3-19-13-17(9-5-4-6-10-17)12-14-11-15(20-2)7-8-16(14)18/h7-8,11,19H,3-6,9-10,12-13H2,1-2H3. The third-order valence-electron chi connectivity index (χ3n) is 4.48. The molecule has 1 aliphatic carbocycles. The maximum Gasteiger partial charge on any atom is 0.119 e. The molecule has 0 bridgehead atoms. The van der Waals surface area contributed by atoms with Crippen LogP contribution in [0.2, 0.25) is 0 Å². The van der Waals surface area contributed by atoms with Crippen molar-refractivity contribution < 1.29 is 4.74 Å². The van der Waals surface area contributed by atoms with Crippen LogP contribution in [0, 0.1) is 5.41 Å². The van der Waals surface area contributed by atoms with E-state index >= 15 is 0 Å². The minimum Gasteiger partial charge on any atom is -0.497 e. The summed E-state index contributed by atoms with van der Waals surface area (Å²) < 4.78 is 6.58. The molecule has 0 aliphatic heterocycles. The molecule has 0 radical (unpaired) electrons. The second-order valence-electron chi connectivity index (χ2n) is 5.98. The molecule has 20 heavy (non-hydrogen) atoms. The zero-order chi connectivity index (χ0) is 14.4. The summed E-state index contributed by atoms with van der Waals surface area (Å²) in [5.41, 5.74) is 1.80. The average molecular weight is 340 g/mol. The SMILES string of the molecule is CCNCC1(Cc2cc(OC)ccc2Br)CCCCC1. The summed E-state index contributed by atoms with van der Waals surface area (Å²) in [4.78, 5) is 0. The highest BCUT2D eigenvalue weighted by molar-refractivity contribution is 9.10. The topological polar surface area (TPSA) is 21.3 Å². The summed E-state index contributed by atoms with van der Waals surface area (Å²) in [5.74, 6) is 0.956. The minimum absolute atomic E-state index is 0.420. The molecule has 112 valence electrons. The smallest absolute Gasteiger partial charge is 0.119 e. The fourth-order valence-corrected chi connectivity index (χ4v) is 3.71. The Morgan fingerprint density at radius 3 is 2.65 bits per heavy atom. The normalized spacial score (nSPS) is 17.9. The van der Waals surface area contributed by atoms with Crippen LogP contribution in [0.15, 0.2) is 22.7 Å². The van der Waals surface area contributed by atoms with Crippen LogP contribution in [0.3, 0.4) is 0 Å². The van der Waals surface area contributed by atoms with Crippen molar-refractivity contribution in [2.45, 2.75) is 45.4 Å². The third kappa shape index (κ3) is 3.98. The highest BCUT2D eigenvalue weighted by atomic mass is 79.9. The molecular formula is C17H26BrNO. The first-order valence-corrected chi connectivity index (χ1v) is 8.51. The van der Waals surface area contributed by atoms with Crippen LogP contribution in [-0.2, 0) is 6.42 Å². The van der Waals surface area contributed by atoms with E-state index in [2.05, 4.69) is 40.3 Å². The maximum atomic E-state index is 5.38. The molecule has 0 amide bonds. The van der Waals surface area contributed by atoms with Crippen molar-refractivity contribution in [2.75, 3.05) is 20.2 Å². The van der Waals surface area contributed by atoms with Crippen molar-refractivity contribution in [2.24, 2.45) is 5.41 Å². The van der Waals surface area contributed by atoms with E-state index in [1.54, 1.807) is 7.11 Å². The molecule has 0 saturated heterocycles. The van der Waals surface area contributed by atoms with E-state index in [4.69, 9.17) is 4.74 Å². The van der Waals surface area contributed by atoms with Crippen LogP contribution in [-0.4, -0.2) is 20.2 Å². The second kappa shape index (κ2) is 7.46. The molecule has 1 aromatic rings. The molecule has 0 unspecified atom stereocenters. The van der Waals surface area contributed by atoms with Crippen LogP contribution in [0.25, 0.3) is 0 Å². The third-order valence-corrected chi connectivity index (χ3v) is 5.26. The first-order chi connectivity index (χ1) is 9.69. The van der Waals surface area contributed by atoms with E-state index in [0.29, 0.717) is 5.41 Å². The first kappa shape index (κ1) is 15.8. The molecule has 0 spiro atoms. The van der Waals surface area contributed by atoms with Crippen molar-refractivity contribution in [1.29, 1.82) is 0 Å². The van der Waals surface area contributed by atoms with Gasteiger partial charge in [0.2, 0.25) is 0 Å².